The third-order valence-electron chi connectivity index (χ3n) is 2.63. The molecule has 4 heteroatoms. The maximum absolute atomic E-state index is 11.9. The zero-order valence-corrected chi connectivity index (χ0v) is 9.70. The number of imide groups is 1. The maximum Gasteiger partial charge on any atom is 0.262 e. The molecule has 0 saturated carbocycles. The third kappa shape index (κ3) is 1.61. The Morgan fingerprint density at radius 2 is 1.69 bits per heavy atom. The Bertz CT molecular complexity index is 409. The van der Waals surface area contributed by atoms with Crippen molar-refractivity contribution < 1.29 is 9.59 Å². The first kappa shape index (κ1) is 11.1. The summed E-state index contributed by atoms with van der Waals surface area (Å²) in [5.41, 5.74) is 0.362. The van der Waals surface area contributed by atoms with Crippen LogP contribution in [0.15, 0.2) is 24.3 Å². The van der Waals surface area contributed by atoms with Crippen molar-refractivity contribution in [1.29, 1.82) is 0 Å². The van der Waals surface area contributed by atoms with Crippen LogP contribution < -0.4 is 0 Å². The van der Waals surface area contributed by atoms with E-state index >= 15 is 0 Å². The Labute approximate surface area is 99.0 Å². The Morgan fingerprint density at radius 1 is 1.19 bits per heavy atom. The molecule has 1 aliphatic rings. The Kier molecular flexibility index (Phi) is 2.97. The number of halogens is 1. The highest BCUT2D eigenvalue weighted by molar-refractivity contribution is 6.28. The topological polar surface area (TPSA) is 37.4 Å². The minimum absolute atomic E-state index is 0.283. The van der Waals surface area contributed by atoms with Crippen LogP contribution >= 0.6 is 11.6 Å². The summed E-state index contributed by atoms with van der Waals surface area (Å²) < 4.78 is 0. The monoisotopic (exact) mass is 237 g/mol. The van der Waals surface area contributed by atoms with E-state index in [0.717, 1.165) is 11.3 Å². The molecule has 1 heterocycles. The lowest BCUT2D eigenvalue weighted by Gasteiger charge is -2.19. The second kappa shape index (κ2) is 4.26. The molecule has 1 aromatic carbocycles. The van der Waals surface area contributed by atoms with E-state index in [-0.39, 0.29) is 11.8 Å². The SMILES string of the molecule is CCCC(Cl)N1C(=O)c2ccccc2C1=O. The van der Waals surface area contributed by atoms with Crippen LogP contribution in [0.3, 0.4) is 0 Å². The number of benzene rings is 1. The lowest BCUT2D eigenvalue weighted by Crippen LogP contribution is -2.36. The first-order chi connectivity index (χ1) is 7.66. The van der Waals surface area contributed by atoms with Gasteiger partial charge in [0, 0.05) is 0 Å². The van der Waals surface area contributed by atoms with Crippen LogP contribution in [0.4, 0.5) is 0 Å². The quantitative estimate of drug-likeness (QED) is 0.460. The summed E-state index contributed by atoms with van der Waals surface area (Å²) >= 11 is 6.05. The fraction of sp³-hybridized carbons (Fsp3) is 0.333. The van der Waals surface area contributed by atoms with Crippen molar-refractivity contribution in [3.8, 4) is 0 Å². The third-order valence-corrected chi connectivity index (χ3v) is 3.05. The van der Waals surface area contributed by atoms with Gasteiger partial charge in [0.25, 0.3) is 11.8 Å². The van der Waals surface area contributed by atoms with E-state index < -0.39 is 5.50 Å². The Hall–Kier alpha value is -1.35. The zero-order chi connectivity index (χ0) is 11.7. The molecule has 0 spiro atoms. The predicted octanol–water partition coefficient (Wildman–Crippen LogP) is 2.65. The highest BCUT2D eigenvalue weighted by Crippen LogP contribution is 2.27. The van der Waals surface area contributed by atoms with Gasteiger partial charge in [0.05, 0.1) is 11.1 Å². The second-order valence-electron chi connectivity index (χ2n) is 3.75. The Morgan fingerprint density at radius 3 is 2.12 bits per heavy atom. The van der Waals surface area contributed by atoms with Crippen molar-refractivity contribution in [2.24, 2.45) is 0 Å². The van der Waals surface area contributed by atoms with Crippen LogP contribution in [-0.4, -0.2) is 22.2 Å². The number of hydrogen-bond donors (Lipinski definition) is 0. The lowest BCUT2D eigenvalue weighted by atomic mass is 10.1. The summed E-state index contributed by atoms with van der Waals surface area (Å²) in [7, 11) is 0. The van der Waals surface area contributed by atoms with Gasteiger partial charge >= 0.3 is 0 Å². The number of fused-ring (bicyclic) bond motifs is 1. The first-order valence-corrected chi connectivity index (χ1v) is 5.71. The molecule has 0 N–H and O–H groups in total. The maximum atomic E-state index is 11.9. The second-order valence-corrected chi connectivity index (χ2v) is 4.25. The smallest absolute Gasteiger partial charge is 0.262 e. The van der Waals surface area contributed by atoms with Crippen molar-refractivity contribution in [1.82, 2.24) is 4.90 Å². The molecule has 1 aliphatic heterocycles. The van der Waals surface area contributed by atoms with Gasteiger partial charge < -0.3 is 0 Å². The summed E-state index contributed by atoms with van der Waals surface area (Å²) in [4.78, 5) is 25.0. The van der Waals surface area contributed by atoms with E-state index in [1.54, 1.807) is 24.3 Å². The molecule has 2 rings (SSSR count). The molecule has 2 amide bonds. The van der Waals surface area contributed by atoms with Gasteiger partial charge in [0.15, 0.2) is 0 Å². The molecule has 16 heavy (non-hydrogen) atoms. The molecule has 3 nitrogen and oxygen atoms in total. The largest absolute Gasteiger partial charge is 0.269 e. The van der Waals surface area contributed by atoms with Gasteiger partial charge in [-0.1, -0.05) is 37.1 Å². The summed E-state index contributed by atoms with van der Waals surface area (Å²) in [6, 6.07) is 6.81. The molecule has 1 unspecified atom stereocenters. The molecule has 0 saturated heterocycles. The van der Waals surface area contributed by atoms with E-state index in [0.29, 0.717) is 17.5 Å². The number of alkyl halides is 1. The van der Waals surface area contributed by atoms with Crippen molar-refractivity contribution in [3.63, 3.8) is 0 Å². The van der Waals surface area contributed by atoms with Crippen LogP contribution in [-0.2, 0) is 0 Å². The van der Waals surface area contributed by atoms with Gasteiger partial charge in [0.1, 0.15) is 5.50 Å². The van der Waals surface area contributed by atoms with E-state index in [2.05, 4.69) is 0 Å². The lowest BCUT2D eigenvalue weighted by molar-refractivity contribution is 0.0629. The van der Waals surface area contributed by atoms with Gasteiger partial charge in [-0.05, 0) is 18.6 Å². The van der Waals surface area contributed by atoms with Crippen molar-refractivity contribution in [3.05, 3.63) is 35.4 Å². The van der Waals surface area contributed by atoms with Crippen LogP contribution in [0.5, 0.6) is 0 Å². The highest BCUT2D eigenvalue weighted by Gasteiger charge is 2.38. The normalized spacial score (nSPS) is 16.5. The molecule has 1 atom stereocenters. The molecule has 0 aromatic heterocycles. The highest BCUT2D eigenvalue weighted by atomic mass is 35.5. The van der Waals surface area contributed by atoms with Gasteiger partial charge in [-0.15, -0.1) is 0 Å². The zero-order valence-electron chi connectivity index (χ0n) is 8.94. The molecule has 0 fully saturated rings. The van der Waals surface area contributed by atoms with Gasteiger partial charge in [0.2, 0.25) is 0 Å². The fourth-order valence-corrected chi connectivity index (χ4v) is 2.23. The van der Waals surface area contributed by atoms with Crippen LogP contribution in [0.25, 0.3) is 0 Å². The van der Waals surface area contributed by atoms with Gasteiger partial charge in [-0.2, -0.15) is 0 Å². The van der Waals surface area contributed by atoms with Crippen LogP contribution in [0, 0.1) is 0 Å². The van der Waals surface area contributed by atoms with E-state index in [9.17, 15) is 9.59 Å². The minimum Gasteiger partial charge on any atom is -0.269 e. The number of rotatable bonds is 3. The van der Waals surface area contributed by atoms with Crippen molar-refractivity contribution in [2.45, 2.75) is 25.3 Å². The molecule has 0 bridgehead atoms. The average Bonchev–Trinajstić information content (AvgIpc) is 2.53. The van der Waals surface area contributed by atoms with Crippen LogP contribution in [0.1, 0.15) is 40.5 Å². The molecule has 0 aliphatic carbocycles. The number of carbonyl (C=O) groups is 2. The molecular formula is C12H12ClNO2. The molecule has 84 valence electrons. The summed E-state index contributed by atoms with van der Waals surface area (Å²) in [6.45, 7) is 1.97. The Balaban J connectivity index is 2.35. The molecule has 0 radical (unpaired) electrons. The first-order valence-electron chi connectivity index (χ1n) is 5.27. The van der Waals surface area contributed by atoms with Crippen LogP contribution in [0.2, 0.25) is 0 Å². The number of hydrogen-bond acceptors (Lipinski definition) is 2. The predicted molar refractivity (Wildman–Crippen MR) is 61.5 cm³/mol. The van der Waals surface area contributed by atoms with Crippen molar-refractivity contribution in [2.75, 3.05) is 0 Å². The van der Waals surface area contributed by atoms with E-state index in [1.807, 2.05) is 6.92 Å². The summed E-state index contributed by atoms with van der Waals surface area (Å²) in [5, 5.41) is 0. The van der Waals surface area contributed by atoms with E-state index in [1.165, 1.54) is 0 Å². The van der Waals surface area contributed by atoms with E-state index in [4.69, 9.17) is 11.6 Å². The fourth-order valence-electron chi connectivity index (χ4n) is 1.83. The number of carbonyl (C=O) groups excluding carboxylic acids is 2. The van der Waals surface area contributed by atoms with Gasteiger partial charge in [-0.3, -0.25) is 14.5 Å². The molecular weight excluding hydrogens is 226 g/mol. The number of nitrogens with zero attached hydrogens (tertiary/aromatic N) is 1. The number of amides is 2. The summed E-state index contributed by atoms with van der Waals surface area (Å²) in [6.07, 6.45) is 1.45. The molecule has 1 aromatic rings. The van der Waals surface area contributed by atoms with Gasteiger partial charge in [-0.25, -0.2) is 0 Å². The summed E-state index contributed by atoms with van der Waals surface area (Å²) in [5.74, 6) is -0.567. The minimum atomic E-state index is -0.544. The van der Waals surface area contributed by atoms with Crippen molar-refractivity contribution >= 4 is 23.4 Å². The average molecular weight is 238 g/mol. The standard InChI is InChI=1S/C12H12ClNO2/c1-2-5-10(13)14-11(15)8-6-3-4-7-9(8)12(14)16/h3-4,6-7,10H,2,5H2,1H3.